The third kappa shape index (κ3) is 6.59. The molecule has 1 aliphatic rings. The minimum absolute atomic E-state index is 0.00560. The van der Waals surface area contributed by atoms with E-state index in [0.717, 1.165) is 25.8 Å². The summed E-state index contributed by atoms with van der Waals surface area (Å²) in [6, 6.07) is 0. The molecule has 0 aromatic carbocycles. The molecule has 2 amide bonds. The molecule has 23 heavy (non-hydrogen) atoms. The number of rotatable bonds is 8. The number of carbonyl (C=O) groups is 3. The van der Waals surface area contributed by atoms with Crippen LogP contribution in [0, 0.1) is 11.8 Å². The van der Waals surface area contributed by atoms with Gasteiger partial charge in [0.05, 0.1) is 12.3 Å². The van der Waals surface area contributed by atoms with Crippen LogP contribution in [0.3, 0.4) is 0 Å². The summed E-state index contributed by atoms with van der Waals surface area (Å²) in [5.74, 6) is -0.693. The highest BCUT2D eigenvalue weighted by atomic mass is 16.4. The van der Waals surface area contributed by atoms with E-state index in [1.807, 2.05) is 20.8 Å². The standard InChI is InChI=1S/C17H30N2O4/c1-4-6-15(20)18-9-5-7-14(12-18)17(23)19(11-13(2)3)10-8-16(21)22/h13-14H,4-12H2,1-3H3,(H,21,22). The van der Waals surface area contributed by atoms with Gasteiger partial charge in [-0.25, -0.2) is 0 Å². The minimum Gasteiger partial charge on any atom is -0.481 e. The van der Waals surface area contributed by atoms with Crippen LogP contribution in [0.4, 0.5) is 0 Å². The summed E-state index contributed by atoms with van der Waals surface area (Å²) >= 11 is 0. The molecule has 1 rings (SSSR count). The maximum Gasteiger partial charge on any atom is 0.305 e. The molecule has 0 bridgehead atoms. The maximum absolute atomic E-state index is 12.8. The lowest BCUT2D eigenvalue weighted by molar-refractivity contribution is -0.142. The first-order valence-electron chi connectivity index (χ1n) is 8.63. The van der Waals surface area contributed by atoms with Crippen LogP contribution < -0.4 is 0 Å². The molecule has 0 spiro atoms. The summed E-state index contributed by atoms with van der Waals surface area (Å²) in [6.07, 6.45) is 2.90. The normalized spacial score (nSPS) is 18.1. The number of aliphatic carboxylic acids is 1. The third-order valence-corrected chi connectivity index (χ3v) is 4.08. The summed E-state index contributed by atoms with van der Waals surface area (Å²) in [5.41, 5.74) is 0. The second kappa shape index (κ2) is 9.53. The molecule has 6 nitrogen and oxygen atoms in total. The molecule has 0 saturated carbocycles. The summed E-state index contributed by atoms with van der Waals surface area (Å²) in [6.45, 7) is 8.00. The van der Waals surface area contributed by atoms with E-state index < -0.39 is 5.97 Å². The number of amides is 2. The highest BCUT2D eigenvalue weighted by molar-refractivity contribution is 5.82. The largest absolute Gasteiger partial charge is 0.481 e. The van der Waals surface area contributed by atoms with Crippen LogP contribution in [0.15, 0.2) is 0 Å². The van der Waals surface area contributed by atoms with Crippen LogP contribution in [-0.2, 0) is 14.4 Å². The topological polar surface area (TPSA) is 77.9 Å². The first-order valence-corrected chi connectivity index (χ1v) is 8.63. The molecule has 0 radical (unpaired) electrons. The van der Waals surface area contributed by atoms with Crippen molar-refractivity contribution in [2.45, 2.75) is 52.9 Å². The highest BCUT2D eigenvalue weighted by Crippen LogP contribution is 2.20. The summed E-state index contributed by atoms with van der Waals surface area (Å²) in [4.78, 5) is 39.1. The first-order chi connectivity index (χ1) is 10.8. The van der Waals surface area contributed by atoms with Crippen molar-refractivity contribution >= 4 is 17.8 Å². The predicted molar refractivity (Wildman–Crippen MR) is 87.9 cm³/mol. The van der Waals surface area contributed by atoms with Crippen LogP contribution in [0.25, 0.3) is 0 Å². The van der Waals surface area contributed by atoms with Crippen molar-refractivity contribution in [3.63, 3.8) is 0 Å². The molecule has 6 heteroatoms. The van der Waals surface area contributed by atoms with E-state index >= 15 is 0 Å². The monoisotopic (exact) mass is 326 g/mol. The average Bonchev–Trinajstić information content (AvgIpc) is 2.50. The second-order valence-corrected chi connectivity index (χ2v) is 6.75. The van der Waals surface area contributed by atoms with Crippen LogP contribution >= 0.6 is 0 Å². The third-order valence-electron chi connectivity index (χ3n) is 4.08. The zero-order valence-electron chi connectivity index (χ0n) is 14.6. The average molecular weight is 326 g/mol. The van der Waals surface area contributed by atoms with Gasteiger partial charge in [0, 0.05) is 32.6 Å². The smallest absolute Gasteiger partial charge is 0.305 e. The van der Waals surface area contributed by atoms with Gasteiger partial charge in [0.2, 0.25) is 11.8 Å². The van der Waals surface area contributed by atoms with Crippen molar-refractivity contribution in [3.05, 3.63) is 0 Å². The van der Waals surface area contributed by atoms with Crippen LogP contribution in [0.2, 0.25) is 0 Å². The molecule has 0 aromatic heterocycles. The number of piperidine rings is 1. The van der Waals surface area contributed by atoms with Crippen molar-refractivity contribution in [3.8, 4) is 0 Å². The molecule has 1 fully saturated rings. The molecule has 0 aliphatic carbocycles. The van der Waals surface area contributed by atoms with Gasteiger partial charge in [-0.3, -0.25) is 14.4 Å². The van der Waals surface area contributed by atoms with E-state index in [1.54, 1.807) is 9.80 Å². The van der Waals surface area contributed by atoms with Gasteiger partial charge < -0.3 is 14.9 Å². The molecule has 0 aromatic rings. The Morgan fingerprint density at radius 1 is 1.26 bits per heavy atom. The SMILES string of the molecule is CCCC(=O)N1CCCC(C(=O)N(CCC(=O)O)CC(C)C)C1. The fourth-order valence-electron chi connectivity index (χ4n) is 3.00. The second-order valence-electron chi connectivity index (χ2n) is 6.75. The van der Waals surface area contributed by atoms with E-state index in [2.05, 4.69) is 0 Å². The summed E-state index contributed by atoms with van der Waals surface area (Å²) < 4.78 is 0. The Hall–Kier alpha value is -1.59. The Kier molecular flexibility index (Phi) is 8.06. The maximum atomic E-state index is 12.8. The zero-order chi connectivity index (χ0) is 17.4. The molecular formula is C17H30N2O4. The molecule has 132 valence electrons. The summed E-state index contributed by atoms with van der Waals surface area (Å²) in [5, 5.41) is 8.87. The lowest BCUT2D eigenvalue weighted by atomic mass is 9.95. The lowest BCUT2D eigenvalue weighted by Gasteiger charge is -2.35. The van der Waals surface area contributed by atoms with Crippen LogP contribution in [0.5, 0.6) is 0 Å². The lowest BCUT2D eigenvalue weighted by Crippen LogP contribution is -2.47. The van der Waals surface area contributed by atoms with Crippen LogP contribution in [0.1, 0.15) is 52.9 Å². The number of nitrogens with zero attached hydrogens (tertiary/aromatic N) is 2. The van der Waals surface area contributed by atoms with Gasteiger partial charge in [0.25, 0.3) is 0 Å². The van der Waals surface area contributed by atoms with Crippen LogP contribution in [-0.4, -0.2) is 58.9 Å². The Morgan fingerprint density at radius 2 is 1.96 bits per heavy atom. The summed E-state index contributed by atoms with van der Waals surface area (Å²) in [7, 11) is 0. The molecule has 1 unspecified atom stereocenters. The molecular weight excluding hydrogens is 296 g/mol. The predicted octanol–water partition coefficient (Wildman–Crippen LogP) is 1.98. The van der Waals surface area contributed by atoms with Crippen molar-refractivity contribution in [2.75, 3.05) is 26.2 Å². The van der Waals surface area contributed by atoms with Gasteiger partial charge in [0.1, 0.15) is 0 Å². The Morgan fingerprint density at radius 3 is 2.52 bits per heavy atom. The number of hydrogen-bond donors (Lipinski definition) is 1. The van der Waals surface area contributed by atoms with E-state index in [1.165, 1.54) is 0 Å². The van der Waals surface area contributed by atoms with Crippen molar-refractivity contribution < 1.29 is 19.5 Å². The number of hydrogen-bond acceptors (Lipinski definition) is 3. The van der Waals surface area contributed by atoms with Gasteiger partial charge in [-0.05, 0) is 25.2 Å². The number of carboxylic acids is 1. The molecule has 1 heterocycles. The van der Waals surface area contributed by atoms with Gasteiger partial charge in [-0.1, -0.05) is 20.8 Å². The Labute approximate surface area is 138 Å². The van der Waals surface area contributed by atoms with Crippen molar-refractivity contribution in [1.29, 1.82) is 0 Å². The molecule has 1 saturated heterocycles. The fourth-order valence-corrected chi connectivity index (χ4v) is 3.00. The highest BCUT2D eigenvalue weighted by Gasteiger charge is 2.31. The van der Waals surface area contributed by atoms with Crippen molar-refractivity contribution in [1.82, 2.24) is 9.80 Å². The minimum atomic E-state index is -0.894. The Balaban J connectivity index is 2.69. The molecule has 1 atom stereocenters. The quantitative estimate of drug-likeness (QED) is 0.740. The number of carbonyl (C=O) groups excluding carboxylic acids is 2. The number of likely N-dealkylation sites (tertiary alicyclic amines) is 1. The van der Waals surface area contributed by atoms with E-state index in [-0.39, 0.29) is 36.6 Å². The van der Waals surface area contributed by atoms with Gasteiger partial charge in [0.15, 0.2) is 0 Å². The molecule has 1 N–H and O–H groups in total. The van der Waals surface area contributed by atoms with E-state index in [0.29, 0.717) is 19.5 Å². The van der Waals surface area contributed by atoms with Gasteiger partial charge in [-0.15, -0.1) is 0 Å². The fraction of sp³-hybridized carbons (Fsp3) is 0.824. The first kappa shape index (κ1) is 19.5. The molecule has 1 aliphatic heterocycles. The van der Waals surface area contributed by atoms with Gasteiger partial charge in [-0.2, -0.15) is 0 Å². The van der Waals surface area contributed by atoms with Gasteiger partial charge >= 0.3 is 5.97 Å². The Bertz CT molecular complexity index is 423. The van der Waals surface area contributed by atoms with Crippen molar-refractivity contribution in [2.24, 2.45) is 11.8 Å². The van der Waals surface area contributed by atoms with E-state index in [4.69, 9.17) is 5.11 Å². The zero-order valence-corrected chi connectivity index (χ0v) is 14.6. The van der Waals surface area contributed by atoms with E-state index in [9.17, 15) is 14.4 Å². The number of carboxylic acid groups (broad SMARTS) is 1.